The van der Waals surface area contributed by atoms with Gasteiger partial charge in [-0.15, -0.1) is 24.0 Å². The van der Waals surface area contributed by atoms with Crippen LogP contribution in [0.3, 0.4) is 0 Å². The largest absolute Gasteiger partial charge is 0.493 e. The van der Waals surface area contributed by atoms with E-state index in [4.69, 9.17) is 9.47 Å². The van der Waals surface area contributed by atoms with Gasteiger partial charge >= 0.3 is 0 Å². The molecule has 0 unspecified atom stereocenters. The lowest BCUT2D eigenvalue weighted by Gasteiger charge is -2.17. The number of methoxy groups -OCH3 is 1. The molecule has 8 heteroatoms. The third-order valence-electron chi connectivity index (χ3n) is 4.07. The summed E-state index contributed by atoms with van der Waals surface area (Å²) in [5.41, 5.74) is 0.999. The first-order valence-electron chi connectivity index (χ1n) is 9.42. The molecule has 0 heterocycles. The average Bonchev–Trinajstić information content (AvgIpc) is 3.18. The van der Waals surface area contributed by atoms with Gasteiger partial charge in [0.1, 0.15) is 0 Å². The van der Waals surface area contributed by atoms with Crippen molar-refractivity contribution in [3.63, 3.8) is 0 Å². The molecule has 0 saturated heterocycles. The fraction of sp³-hybridized carbons (Fsp3) is 0.500. The smallest absolute Gasteiger partial charge is 0.257 e. The molecule has 2 rings (SSSR count). The first-order chi connectivity index (χ1) is 13.2. The number of nitrogens with one attached hydrogen (secondary N) is 3. The van der Waals surface area contributed by atoms with E-state index in [0.29, 0.717) is 30.6 Å². The van der Waals surface area contributed by atoms with Crippen LogP contribution in [0.5, 0.6) is 11.5 Å². The van der Waals surface area contributed by atoms with Gasteiger partial charge in [0, 0.05) is 19.1 Å². The second-order valence-electron chi connectivity index (χ2n) is 6.21. The van der Waals surface area contributed by atoms with E-state index in [2.05, 4.69) is 33.1 Å². The van der Waals surface area contributed by atoms with Crippen molar-refractivity contribution in [1.82, 2.24) is 16.0 Å². The number of aliphatic imine (C=N–C) groups is 1. The summed E-state index contributed by atoms with van der Waals surface area (Å²) in [4.78, 5) is 16.2. The number of amides is 1. The van der Waals surface area contributed by atoms with Crippen molar-refractivity contribution in [2.24, 2.45) is 4.99 Å². The number of halogens is 1. The number of guanidine groups is 1. The van der Waals surface area contributed by atoms with Crippen molar-refractivity contribution < 1.29 is 14.3 Å². The molecule has 1 amide bonds. The number of carbonyl (C=O) groups is 1. The van der Waals surface area contributed by atoms with Crippen LogP contribution in [0.4, 0.5) is 0 Å². The zero-order valence-corrected chi connectivity index (χ0v) is 19.1. The molecular weight excluding hydrogens is 471 g/mol. The number of ether oxygens (including phenoxy) is 2. The number of rotatable bonds is 9. The molecule has 0 aliphatic heterocycles. The van der Waals surface area contributed by atoms with Gasteiger partial charge in [-0.3, -0.25) is 4.79 Å². The maximum absolute atomic E-state index is 11.6. The summed E-state index contributed by atoms with van der Waals surface area (Å²) in [6.45, 7) is 5.78. The molecule has 0 spiro atoms. The van der Waals surface area contributed by atoms with E-state index in [1.807, 2.05) is 32.0 Å². The van der Waals surface area contributed by atoms with Crippen LogP contribution < -0.4 is 25.4 Å². The highest BCUT2D eigenvalue weighted by Gasteiger charge is 2.12. The third-order valence-corrected chi connectivity index (χ3v) is 4.07. The number of hydrogen-bond donors (Lipinski definition) is 3. The molecule has 1 aliphatic carbocycles. The number of benzene rings is 1. The molecule has 0 fully saturated rings. The Hall–Kier alpha value is -1.97. The van der Waals surface area contributed by atoms with Gasteiger partial charge < -0.3 is 25.4 Å². The van der Waals surface area contributed by atoms with Crippen molar-refractivity contribution in [3.05, 3.63) is 35.9 Å². The van der Waals surface area contributed by atoms with Crippen LogP contribution in [-0.4, -0.2) is 44.7 Å². The van der Waals surface area contributed by atoms with E-state index in [-0.39, 0.29) is 36.5 Å². The van der Waals surface area contributed by atoms with E-state index in [1.54, 1.807) is 7.11 Å². The zero-order valence-electron chi connectivity index (χ0n) is 16.8. The Kier molecular flexibility index (Phi) is 11.4. The van der Waals surface area contributed by atoms with Crippen LogP contribution in [0.15, 0.2) is 35.3 Å². The highest BCUT2D eigenvalue weighted by atomic mass is 127. The van der Waals surface area contributed by atoms with E-state index in [0.717, 1.165) is 30.9 Å². The maximum Gasteiger partial charge on any atom is 0.257 e. The van der Waals surface area contributed by atoms with E-state index in [9.17, 15) is 4.79 Å². The first kappa shape index (κ1) is 24.1. The molecule has 0 bridgehead atoms. The molecule has 156 valence electrons. The molecule has 0 atom stereocenters. The molecule has 0 radical (unpaired) electrons. The standard InChI is InChI=1S/C20H30N4O3.HI/c1-4-21-19(25)14-27-17-11-10-15(12-18(17)26-3)13-23-20(22-5-2)24-16-8-6-7-9-16;/h6-7,10-12,16H,4-5,8-9,13-14H2,1-3H3,(H,21,25)(H2,22,23,24);1H. The number of carbonyl (C=O) groups excluding carboxylic acids is 1. The number of likely N-dealkylation sites (N-methyl/N-ethyl adjacent to an activating group) is 1. The van der Waals surface area contributed by atoms with E-state index < -0.39 is 0 Å². The minimum atomic E-state index is -0.156. The van der Waals surface area contributed by atoms with Gasteiger partial charge in [0.05, 0.1) is 13.7 Å². The zero-order chi connectivity index (χ0) is 19.5. The van der Waals surface area contributed by atoms with Gasteiger partial charge in [-0.25, -0.2) is 4.99 Å². The Labute approximate surface area is 184 Å². The Morgan fingerprint density at radius 3 is 2.50 bits per heavy atom. The lowest BCUT2D eigenvalue weighted by molar-refractivity contribution is -0.123. The van der Waals surface area contributed by atoms with Crippen molar-refractivity contribution in [1.29, 1.82) is 0 Å². The highest BCUT2D eigenvalue weighted by molar-refractivity contribution is 14.0. The van der Waals surface area contributed by atoms with Crippen LogP contribution >= 0.6 is 24.0 Å². The Balaban J connectivity index is 0.00000392. The van der Waals surface area contributed by atoms with Crippen molar-refractivity contribution in [3.8, 4) is 11.5 Å². The minimum absolute atomic E-state index is 0. The summed E-state index contributed by atoms with van der Waals surface area (Å²) >= 11 is 0. The van der Waals surface area contributed by atoms with Crippen LogP contribution in [-0.2, 0) is 11.3 Å². The summed E-state index contributed by atoms with van der Waals surface area (Å²) < 4.78 is 10.9. The molecular formula is C20H31IN4O3. The van der Waals surface area contributed by atoms with E-state index in [1.165, 1.54) is 0 Å². The van der Waals surface area contributed by atoms with E-state index >= 15 is 0 Å². The van der Waals surface area contributed by atoms with Gasteiger partial charge in [0.15, 0.2) is 24.1 Å². The minimum Gasteiger partial charge on any atom is -0.493 e. The highest BCUT2D eigenvalue weighted by Crippen LogP contribution is 2.28. The fourth-order valence-electron chi connectivity index (χ4n) is 2.74. The lowest BCUT2D eigenvalue weighted by Crippen LogP contribution is -2.42. The molecule has 7 nitrogen and oxygen atoms in total. The summed E-state index contributed by atoms with van der Waals surface area (Å²) in [7, 11) is 1.58. The third kappa shape index (κ3) is 7.95. The second kappa shape index (κ2) is 13.2. The Bertz CT molecular complexity index is 671. The molecule has 3 N–H and O–H groups in total. The second-order valence-corrected chi connectivity index (χ2v) is 6.21. The Morgan fingerprint density at radius 2 is 1.86 bits per heavy atom. The van der Waals surface area contributed by atoms with Gasteiger partial charge in [0.2, 0.25) is 0 Å². The van der Waals surface area contributed by atoms with Crippen molar-refractivity contribution >= 4 is 35.8 Å². The van der Waals surface area contributed by atoms with Crippen LogP contribution in [0.2, 0.25) is 0 Å². The summed E-state index contributed by atoms with van der Waals surface area (Å²) in [5.74, 6) is 1.78. The predicted octanol–water partition coefficient (Wildman–Crippen LogP) is 2.60. The molecule has 1 aromatic rings. The maximum atomic E-state index is 11.6. The Morgan fingerprint density at radius 1 is 1.14 bits per heavy atom. The van der Waals surface area contributed by atoms with Crippen LogP contribution in [0.1, 0.15) is 32.3 Å². The molecule has 0 saturated carbocycles. The van der Waals surface area contributed by atoms with Gasteiger partial charge in [-0.1, -0.05) is 18.2 Å². The quantitative estimate of drug-likeness (QED) is 0.209. The SMILES string of the molecule is CCNC(=O)COc1ccc(CN=C(NCC)NC2CC=CC2)cc1OC.I. The summed E-state index contributed by atoms with van der Waals surface area (Å²) in [6, 6.07) is 6.03. The van der Waals surface area contributed by atoms with Gasteiger partial charge in [0.25, 0.3) is 5.91 Å². The normalized spacial score (nSPS) is 13.6. The topological polar surface area (TPSA) is 84.0 Å². The average molecular weight is 502 g/mol. The fourth-order valence-corrected chi connectivity index (χ4v) is 2.74. The molecule has 28 heavy (non-hydrogen) atoms. The summed E-state index contributed by atoms with van der Waals surface area (Å²) in [6.07, 6.45) is 6.42. The monoisotopic (exact) mass is 502 g/mol. The van der Waals surface area contributed by atoms with Crippen molar-refractivity contribution in [2.75, 3.05) is 26.8 Å². The van der Waals surface area contributed by atoms with Crippen molar-refractivity contribution in [2.45, 2.75) is 39.3 Å². The van der Waals surface area contributed by atoms with Crippen LogP contribution in [0.25, 0.3) is 0 Å². The van der Waals surface area contributed by atoms with Crippen LogP contribution in [0, 0.1) is 0 Å². The summed E-state index contributed by atoms with van der Waals surface area (Å²) in [5, 5.41) is 9.42. The first-order valence-corrected chi connectivity index (χ1v) is 9.42. The molecule has 1 aromatic carbocycles. The number of nitrogens with zero attached hydrogens (tertiary/aromatic N) is 1. The molecule has 0 aromatic heterocycles. The van der Waals surface area contributed by atoms with Gasteiger partial charge in [-0.05, 0) is 44.4 Å². The predicted molar refractivity (Wildman–Crippen MR) is 123 cm³/mol. The number of hydrogen-bond acceptors (Lipinski definition) is 4. The lowest BCUT2D eigenvalue weighted by atomic mass is 10.2. The van der Waals surface area contributed by atoms with Gasteiger partial charge in [-0.2, -0.15) is 0 Å². The molecule has 1 aliphatic rings.